The number of aliphatic hydroxyl groups is 1. The molecule has 1 aliphatic heterocycles. The number of nitrogens with zero attached hydrogens (tertiary/aromatic N) is 1. The van der Waals surface area contributed by atoms with Gasteiger partial charge in [-0.2, -0.15) is 13.2 Å². The summed E-state index contributed by atoms with van der Waals surface area (Å²) in [5.74, 6) is 0.457. The zero-order valence-electron chi connectivity index (χ0n) is 11.5. The number of likely N-dealkylation sites (tertiary alicyclic amines) is 1. The molecule has 0 spiro atoms. The van der Waals surface area contributed by atoms with E-state index in [1.807, 2.05) is 0 Å². The van der Waals surface area contributed by atoms with Gasteiger partial charge in [0.25, 0.3) is 0 Å². The second-order valence-electron chi connectivity index (χ2n) is 5.36. The highest BCUT2D eigenvalue weighted by Crippen LogP contribution is 2.20. The van der Waals surface area contributed by atoms with Gasteiger partial charge < -0.3 is 10.4 Å². The summed E-state index contributed by atoms with van der Waals surface area (Å²) in [5, 5.41) is 12.3. The monoisotopic (exact) mass is 282 g/mol. The zero-order valence-corrected chi connectivity index (χ0v) is 11.5. The molecule has 3 nitrogen and oxygen atoms in total. The molecule has 1 atom stereocenters. The number of aliphatic hydroxyl groups excluding tert-OH is 1. The third kappa shape index (κ3) is 7.13. The minimum atomic E-state index is -4.09. The molecular formula is C13H25F3N2O. The Morgan fingerprint density at radius 1 is 1.32 bits per heavy atom. The Bertz CT molecular complexity index is 241. The molecule has 1 unspecified atom stereocenters. The van der Waals surface area contributed by atoms with Crippen molar-refractivity contribution in [2.45, 2.75) is 44.8 Å². The van der Waals surface area contributed by atoms with Crippen LogP contribution in [0, 0.1) is 5.92 Å². The normalized spacial score (nSPS) is 20.7. The molecule has 1 heterocycles. The van der Waals surface area contributed by atoms with Crippen molar-refractivity contribution < 1.29 is 18.3 Å². The zero-order chi connectivity index (χ0) is 14.3. The highest BCUT2D eigenvalue weighted by Gasteiger charge is 2.32. The third-order valence-electron chi connectivity index (χ3n) is 3.80. The number of piperidine rings is 1. The molecule has 1 saturated heterocycles. The van der Waals surface area contributed by atoms with Gasteiger partial charge in [0.15, 0.2) is 0 Å². The van der Waals surface area contributed by atoms with E-state index < -0.39 is 12.7 Å². The second kappa shape index (κ2) is 8.07. The molecule has 0 aliphatic carbocycles. The Balaban J connectivity index is 2.19. The highest BCUT2D eigenvalue weighted by atomic mass is 19.4. The lowest BCUT2D eigenvalue weighted by molar-refractivity contribution is -0.148. The van der Waals surface area contributed by atoms with Gasteiger partial charge in [0.2, 0.25) is 0 Å². The molecule has 0 radical (unpaired) electrons. The number of nitrogens with one attached hydrogen (secondary N) is 1. The molecule has 1 aliphatic rings. The van der Waals surface area contributed by atoms with E-state index in [1.54, 1.807) is 0 Å². The number of rotatable bonds is 7. The summed E-state index contributed by atoms with van der Waals surface area (Å²) in [6.07, 6.45) is -0.747. The van der Waals surface area contributed by atoms with E-state index in [0.29, 0.717) is 25.0 Å². The Morgan fingerprint density at radius 3 is 2.42 bits per heavy atom. The quantitative estimate of drug-likeness (QED) is 0.750. The fourth-order valence-electron chi connectivity index (χ4n) is 2.52. The minimum Gasteiger partial charge on any atom is -0.396 e. The van der Waals surface area contributed by atoms with Crippen molar-refractivity contribution in [3.8, 4) is 0 Å². The van der Waals surface area contributed by atoms with Crippen molar-refractivity contribution in [2.75, 3.05) is 32.8 Å². The Hall–Kier alpha value is -0.330. The van der Waals surface area contributed by atoms with Crippen LogP contribution in [0.2, 0.25) is 0 Å². The highest BCUT2D eigenvalue weighted by molar-refractivity contribution is 4.79. The van der Waals surface area contributed by atoms with E-state index in [-0.39, 0.29) is 6.61 Å². The number of halogens is 3. The van der Waals surface area contributed by atoms with Gasteiger partial charge in [-0.3, -0.25) is 4.90 Å². The molecule has 19 heavy (non-hydrogen) atoms. The molecule has 0 bridgehead atoms. The van der Waals surface area contributed by atoms with Gasteiger partial charge in [-0.05, 0) is 44.8 Å². The lowest BCUT2D eigenvalue weighted by Crippen LogP contribution is -2.46. The average Bonchev–Trinajstić information content (AvgIpc) is 2.34. The van der Waals surface area contributed by atoms with Crippen molar-refractivity contribution in [1.29, 1.82) is 0 Å². The Kier molecular flexibility index (Phi) is 7.10. The maximum absolute atomic E-state index is 12.2. The first-order valence-electron chi connectivity index (χ1n) is 7.08. The first-order chi connectivity index (χ1) is 8.94. The van der Waals surface area contributed by atoms with Gasteiger partial charge in [-0.15, -0.1) is 0 Å². The number of hydrogen-bond donors (Lipinski definition) is 2. The third-order valence-corrected chi connectivity index (χ3v) is 3.80. The van der Waals surface area contributed by atoms with Crippen LogP contribution in [0.4, 0.5) is 13.2 Å². The molecule has 0 aromatic heterocycles. The summed E-state index contributed by atoms with van der Waals surface area (Å²) in [6, 6.07) is 0.317. The van der Waals surface area contributed by atoms with Gasteiger partial charge in [-0.1, -0.05) is 13.3 Å². The van der Waals surface area contributed by atoms with Crippen LogP contribution in [0.1, 0.15) is 32.6 Å². The summed E-state index contributed by atoms with van der Waals surface area (Å²) in [5.41, 5.74) is 0. The first kappa shape index (κ1) is 16.7. The fourth-order valence-corrected chi connectivity index (χ4v) is 2.52. The fraction of sp³-hybridized carbons (Fsp3) is 1.00. The van der Waals surface area contributed by atoms with E-state index in [9.17, 15) is 13.2 Å². The van der Waals surface area contributed by atoms with Crippen molar-refractivity contribution in [3.05, 3.63) is 0 Å². The molecule has 1 fully saturated rings. The minimum absolute atomic E-state index is 0.199. The summed E-state index contributed by atoms with van der Waals surface area (Å²) in [7, 11) is 0. The smallest absolute Gasteiger partial charge is 0.396 e. The molecule has 0 saturated carbocycles. The van der Waals surface area contributed by atoms with Crippen LogP contribution in [-0.2, 0) is 0 Å². The van der Waals surface area contributed by atoms with Crippen LogP contribution in [-0.4, -0.2) is 55.0 Å². The molecule has 0 amide bonds. The van der Waals surface area contributed by atoms with E-state index in [0.717, 1.165) is 32.2 Å². The molecule has 0 aromatic carbocycles. The van der Waals surface area contributed by atoms with Crippen LogP contribution in [0.3, 0.4) is 0 Å². The van der Waals surface area contributed by atoms with Crippen molar-refractivity contribution in [3.63, 3.8) is 0 Å². The van der Waals surface area contributed by atoms with Crippen LogP contribution in [0.5, 0.6) is 0 Å². The molecule has 6 heteroatoms. The number of hydrogen-bond acceptors (Lipinski definition) is 3. The molecule has 0 aromatic rings. The largest absolute Gasteiger partial charge is 0.401 e. The average molecular weight is 282 g/mol. The van der Waals surface area contributed by atoms with Crippen LogP contribution in [0.15, 0.2) is 0 Å². The van der Waals surface area contributed by atoms with Gasteiger partial charge in [0.05, 0.1) is 6.54 Å². The Labute approximate surface area is 113 Å². The predicted molar refractivity (Wildman–Crippen MR) is 69.0 cm³/mol. The van der Waals surface area contributed by atoms with Gasteiger partial charge in [-0.25, -0.2) is 0 Å². The summed E-state index contributed by atoms with van der Waals surface area (Å²) < 4.78 is 36.7. The Morgan fingerprint density at radius 2 is 1.95 bits per heavy atom. The van der Waals surface area contributed by atoms with Crippen molar-refractivity contribution in [2.24, 2.45) is 5.92 Å². The van der Waals surface area contributed by atoms with E-state index in [2.05, 4.69) is 12.2 Å². The van der Waals surface area contributed by atoms with Gasteiger partial charge >= 0.3 is 6.18 Å². The van der Waals surface area contributed by atoms with Crippen LogP contribution < -0.4 is 5.32 Å². The first-order valence-corrected chi connectivity index (χ1v) is 7.08. The predicted octanol–water partition coefficient (Wildman–Crippen LogP) is 2.01. The lowest BCUT2D eigenvalue weighted by atomic mass is 10.00. The van der Waals surface area contributed by atoms with E-state index in [1.165, 1.54) is 4.90 Å². The van der Waals surface area contributed by atoms with Gasteiger partial charge in [0.1, 0.15) is 0 Å². The molecular weight excluding hydrogens is 257 g/mol. The SMILES string of the molecule is CCC(CCO)CNC1CCN(CC(F)(F)F)CC1. The van der Waals surface area contributed by atoms with E-state index in [4.69, 9.17) is 5.11 Å². The standard InChI is InChI=1S/C13H25F3N2O/c1-2-11(5-8-19)9-17-12-3-6-18(7-4-12)10-13(14,15)16/h11-12,17,19H,2-10H2,1H3. The maximum Gasteiger partial charge on any atom is 0.401 e. The van der Waals surface area contributed by atoms with Crippen molar-refractivity contribution in [1.82, 2.24) is 10.2 Å². The van der Waals surface area contributed by atoms with Gasteiger partial charge in [0, 0.05) is 12.6 Å². The maximum atomic E-state index is 12.2. The molecule has 114 valence electrons. The number of alkyl halides is 3. The van der Waals surface area contributed by atoms with Crippen LogP contribution >= 0.6 is 0 Å². The van der Waals surface area contributed by atoms with Crippen molar-refractivity contribution >= 4 is 0 Å². The topological polar surface area (TPSA) is 35.5 Å². The summed E-state index contributed by atoms with van der Waals surface area (Å²) >= 11 is 0. The second-order valence-corrected chi connectivity index (χ2v) is 5.36. The molecule has 2 N–H and O–H groups in total. The van der Waals surface area contributed by atoms with E-state index >= 15 is 0 Å². The summed E-state index contributed by atoms with van der Waals surface area (Å²) in [6.45, 7) is 3.36. The van der Waals surface area contributed by atoms with Crippen LogP contribution in [0.25, 0.3) is 0 Å². The molecule has 1 rings (SSSR count). The summed E-state index contributed by atoms with van der Waals surface area (Å²) in [4.78, 5) is 1.48. The lowest BCUT2D eigenvalue weighted by Gasteiger charge is -2.33.